The minimum Gasteiger partial charge on any atom is -0.490 e. The first kappa shape index (κ1) is 26.0. The highest BCUT2D eigenvalue weighted by molar-refractivity contribution is 9.10. The van der Waals surface area contributed by atoms with Crippen molar-refractivity contribution in [2.45, 2.75) is 20.1 Å². The molecule has 0 bridgehead atoms. The molecule has 0 unspecified atom stereocenters. The van der Waals surface area contributed by atoms with Crippen molar-refractivity contribution in [3.8, 4) is 17.2 Å². The summed E-state index contributed by atoms with van der Waals surface area (Å²) in [6.45, 7) is 3.15. The summed E-state index contributed by atoms with van der Waals surface area (Å²) in [6, 6.07) is 30.5. The molecule has 1 amide bonds. The first-order valence-corrected chi connectivity index (χ1v) is 12.6. The Hall–Kier alpha value is -4.10. The molecule has 0 saturated heterocycles. The third-order valence-electron chi connectivity index (χ3n) is 5.32. The summed E-state index contributed by atoms with van der Waals surface area (Å²) in [4.78, 5) is 12.8. The molecule has 7 heteroatoms. The van der Waals surface area contributed by atoms with Gasteiger partial charge in [0.1, 0.15) is 19.0 Å². The summed E-state index contributed by atoms with van der Waals surface area (Å²) in [5, 5.41) is 4.15. The summed E-state index contributed by atoms with van der Waals surface area (Å²) >= 11 is 3.48. The van der Waals surface area contributed by atoms with Gasteiger partial charge in [0.15, 0.2) is 11.5 Å². The van der Waals surface area contributed by atoms with Crippen LogP contribution in [-0.4, -0.2) is 18.7 Å². The quantitative estimate of drug-likeness (QED) is 0.163. The van der Waals surface area contributed by atoms with Gasteiger partial charge >= 0.3 is 0 Å². The molecule has 0 radical (unpaired) electrons. The summed E-state index contributed by atoms with van der Waals surface area (Å²) in [5.41, 5.74) is 5.81. The number of hydrogen-bond donors (Lipinski definition) is 1. The summed E-state index contributed by atoms with van der Waals surface area (Å²) in [5.74, 6) is 1.36. The predicted molar refractivity (Wildman–Crippen MR) is 148 cm³/mol. The molecule has 188 valence electrons. The van der Waals surface area contributed by atoms with E-state index in [9.17, 15) is 4.79 Å². The summed E-state index contributed by atoms with van der Waals surface area (Å²) in [6.07, 6.45) is 1.56. The second kappa shape index (κ2) is 13.3. The number of hydrazone groups is 1. The number of carbonyl (C=O) groups excluding carboxylic acids is 1. The van der Waals surface area contributed by atoms with E-state index in [0.29, 0.717) is 42.6 Å². The van der Waals surface area contributed by atoms with Gasteiger partial charge in [-0.05, 0) is 54.4 Å². The molecule has 4 aromatic carbocycles. The van der Waals surface area contributed by atoms with E-state index >= 15 is 0 Å². The van der Waals surface area contributed by atoms with Crippen molar-refractivity contribution in [3.05, 3.63) is 124 Å². The fourth-order valence-electron chi connectivity index (χ4n) is 3.48. The number of carbonyl (C=O) groups is 1. The largest absolute Gasteiger partial charge is 0.490 e. The maximum absolute atomic E-state index is 12.8. The molecule has 0 heterocycles. The van der Waals surface area contributed by atoms with Crippen LogP contribution in [0.5, 0.6) is 17.2 Å². The van der Waals surface area contributed by atoms with Crippen LogP contribution in [0.1, 0.15) is 34.0 Å². The van der Waals surface area contributed by atoms with Crippen LogP contribution in [0.4, 0.5) is 0 Å². The highest BCUT2D eigenvalue weighted by atomic mass is 79.9. The van der Waals surface area contributed by atoms with Gasteiger partial charge in [-0.2, -0.15) is 5.10 Å². The van der Waals surface area contributed by atoms with Crippen LogP contribution < -0.4 is 19.6 Å². The Kier molecular flexibility index (Phi) is 9.32. The Bertz CT molecular complexity index is 1340. The van der Waals surface area contributed by atoms with Crippen LogP contribution in [0.3, 0.4) is 0 Å². The van der Waals surface area contributed by atoms with E-state index in [-0.39, 0.29) is 5.91 Å². The standard InChI is InChI=1S/C30H27BrN2O4/c1-2-35-29-18-24(13-15-28(29)37-21-23-11-7-4-8-12-23)30(34)33-32-19-25-17-26(31)14-16-27(25)36-20-22-9-5-3-6-10-22/h3-19H,2,20-21H2,1H3,(H,33,34)/b32-19+. The maximum atomic E-state index is 12.8. The normalized spacial score (nSPS) is 10.8. The number of nitrogens with zero attached hydrogens (tertiary/aromatic N) is 1. The number of ether oxygens (including phenoxy) is 3. The van der Waals surface area contributed by atoms with Gasteiger partial charge in [-0.15, -0.1) is 0 Å². The number of amides is 1. The number of hydrogen-bond acceptors (Lipinski definition) is 5. The Balaban J connectivity index is 1.41. The van der Waals surface area contributed by atoms with E-state index in [1.165, 1.54) is 0 Å². The molecular formula is C30H27BrN2O4. The molecule has 0 aliphatic carbocycles. The number of rotatable bonds is 11. The van der Waals surface area contributed by atoms with E-state index in [0.717, 1.165) is 21.2 Å². The van der Waals surface area contributed by atoms with Gasteiger partial charge in [-0.1, -0.05) is 76.6 Å². The van der Waals surface area contributed by atoms with Crippen molar-refractivity contribution in [1.82, 2.24) is 5.43 Å². The lowest BCUT2D eigenvalue weighted by Gasteiger charge is -2.13. The monoisotopic (exact) mass is 558 g/mol. The molecule has 37 heavy (non-hydrogen) atoms. The molecule has 4 rings (SSSR count). The molecule has 0 aromatic heterocycles. The van der Waals surface area contributed by atoms with Gasteiger partial charge < -0.3 is 14.2 Å². The topological polar surface area (TPSA) is 69.2 Å². The molecule has 0 saturated carbocycles. The average Bonchev–Trinajstić information content (AvgIpc) is 2.93. The second-order valence-corrected chi connectivity index (χ2v) is 8.94. The van der Waals surface area contributed by atoms with Crippen LogP contribution in [0.2, 0.25) is 0 Å². The fraction of sp³-hybridized carbons (Fsp3) is 0.133. The highest BCUT2D eigenvalue weighted by Gasteiger charge is 2.12. The summed E-state index contributed by atoms with van der Waals surface area (Å²) in [7, 11) is 0. The van der Waals surface area contributed by atoms with Crippen LogP contribution in [0.25, 0.3) is 0 Å². The zero-order chi connectivity index (χ0) is 25.9. The minimum atomic E-state index is -0.367. The Morgan fingerprint density at radius 2 is 1.41 bits per heavy atom. The zero-order valence-electron chi connectivity index (χ0n) is 20.4. The van der Waals surface area contributed by atoms with Crippen molar-refractivity contribution in [1.29, 1.82) is 0 Å². The van der Waals surface area contributed by atoms with E-state index in [2.05, 4.69) is 26.5 Å². The van der Waals surface area contributed by atoms with Crippen molar-refractivity contribution < 1.29 is 19.0 Å². The molecule has 0 fully saturated rings. The predicted octanol–water partition coefficient (Wildman–Crippen LogP) is 6.77. The van der Waals surface area contributed by atoms with Gasteiger partial charge in [0.2, 0.25) is 0 Å². The average molecular weight is 559 g/mol. The minimum absolute atomic E-state index is 0.367. The lowest BCUT2D eigenvalue weighted by atomic mass is 10.2. The number of benzene rings is 4. The molecule has 0 atom stereocenters. The summed E-state index contributed by atoms with van der Waals surface area (Å²) < 4.78 is 18.5. The van der Waals surface area contributed by atoms with E-state index in [1.54, 1.807) is 24.4 Å². The van der Waals surface area contributed by atoms with Gasteiger partial charge in [-0.25, -0.2) is 5.43 Å². The van der Waals surface area contributed by atoms with Gasteiger partial charge in [0.05, 0.1) is 12.8 Å². The first-order valence-electron chi connectivity index (χ1n) is 11.9. The van der Waals surface area contributed by atoms with Crippen molar-refractivity contribution in [2.75, 3.05) is 6.61 Å². The molecule has 0 aliphatic heterocycles. The lowest BCUT2D eigenvalue weighted by molar-refractivity contribution is 0.0954. The third kappa shape index (κ3) is 7.69. The number of halogens is 1. The second-order valence-electron chi connectivity index (χ2n) is 8.02. The fourth-order valence-corrected chi connectivity index (χ4v) is 3.86. The Morgan fingerprint density at radius 1 is 0.784 bits per heavy atom. The smallest absolute Gasteiger partial charge is 0.271 e. The zero-order valence-corrected chi connectivity index (χ0v) is 22.0. The van der Waals surface area contributed by atoms with Crippen LogP contribution >= 0.6 is 15.9 Å². The molecule has 4 aromatic rings. The molecule has 6 nitrogen and oxygen atoms in total. The number of nitrogens with one attached hydrogen (secondary N) is 1. The SMILES string of the molecule is CCOc1cc(C(=O)N/N=C/c2cc(Br)ccc2OCc2ccccc2)ccc1OCc1ccccc1. The molecular weight excluding hydrogens is 532 g/mol. The van der Waals surface area contributed by atoms with E-state index < -0.39 is 0 Å². The van der Waals surface area contributed by atoms with Crippen molar-refractivity contribution in [2.24, 2.45) is 5.10 Å². The van der Waals surface area contributed by atoms with Gasteiger partial charge in [0, 0.05) is 15.6 Å². The van der Waals surface area contributed by atoms with E-state index in [4.69, 9.17) is 14.2 Å². The maximum Gasteiger partial charge on any atom is 0.271 e. The highest BCUT2D eigenvalue weighted by Crippen LogP contribution is 2.29. The third-order valence-corrected chi connectivity index (χ3v) is 5.81. The Labute approximate surface area is 225 Å². The van der Waals surface area contributed by atoms with Gasteiger partial charge in [0.25, 0.3) is 5.91 Å². The first-order chi connectivity index (χ1) is 18.1. The Morgan fingerprint density at radius 3 is 2.05 bits per heavy atom. The van der Waals surface area contributed by atoms with Crippen LogP contribution in [0.15, 0.2) is 107 Å². The van der Waals surface area contributed by atoms with E-state index in [1.807, 2.05) is 85.8 Å². The lowest BCUT2D eigenvalue weighted by Crippen LogP contribution is -2.18. The van der Waals surface area contributed by atoms with Crippen molar-refractivity contribution in [3.63, 3.8) is 0 Å². The molecule has 0 aliphatic rings. The van der Waals surface area contributed by atoms with Gasteiger partial charge in [-0.3, -0.25) is 4.79 Å². The van der Waals surface area contributed by atoms with Crippen LogP contribution in [-0.2, 0) is 13.2 Å². The van der Waals surface area contributed by atoms with Crippen LogP contribution in [0, 0.1) is 0 Å². The molecule has 1 N–H and O–H groups in total. The van der Waals surface area contributed by atoms with Crippen molar-refractivity contribution >= 4 is 28.1 Å². The molecule has 0 spiro atoms.